The average molecular weight is 598 g/mol. The minimum atomic E-state index is -1.20. The first-order chi connectivity index (χ1) is 21.2. The first-order valence-corrected chi connectivity index (χ1v) is 15.0. The van der Waals surface area contributed by atoms with Gasteiger partial charge in [0.15, 0.2) is 0 Å². The molecule has 1 aliphatic rings. The van der Waals surface area contributed by atoms with E-state index < -0.39 is 35.5 Å². The standard InChI is InChI=1S/C34H35N3O7/c1-4-25(32(39)37-27(33(40)41)13-19-16-35-26-11-7-5-9-20(19)26)36-29(38)15-23-17(2)22-14-24-21-10-6-8-12-28(21)43-31(24)18(3)30(22)44-34(23)42/h5,7,9,11,14,16,25,27,35H,4,6,8,10,12-13,15H2,1-3H3,(H,36,38)(H,37,39)(H,40,41)/t25-,27+/m0/s1. The van der Waals surface area contributed by atoms with Gasteiger partial charge in [-0.25, -0.2) is 9.59 Å². The second-order valence-corrected chi connectivity index (χ2v) is 11.6. The molecule has 0 radical (unpaired) electrons. The number of rotatable bonds is 9. The molecule has 10 heteroatoms. The smallest absolute Gasteiger partial charge is 0.340 e. The summed E-state index contributed by atoms with van der Waals surface area (Å²) in [6, 6.07) is 7.32. The number of benzene rings is 2. The van der Waals surface area contributed by atoms with Crippen LogP contribution in [0.2, 0.25) is 0 Å². The normalized spacial score (nSPS) is 14.4. The van der Waals surface area contributed by atoms with Crippen molar-refractivity contribution in [2.45, 2.75) is 77.8 Å². The second-order valence-electron chi connectivity index (χ2n) is 11.6. The Morgan fingerprint density at radius 1 is 0.955 bits per heavy atom. The zero-order valence-electron chi connectivity index (χ0n) is 25.0. The third-order valence-corrected chi connectivity index (χ3v) is 8.84. The number of fused-ring (bicyclic) bond motifs is 5. The molecule has 2 amide bonds. The van der Waals surface area contributed by atoms with E-state index in [0.29, 0.717) is 11.1 Å². The summed E-state index contributed by atoms with van der Waals surface area (Å²) in [6.45, 7) is 5.39. The van der Waals surface area contributed by atoms with Crippen molar-refractivity contribution in [3.05, 3.63) is 80.5 Å². The highest BCUT2D eigenvalue weighted by molar-refractivity contribution is 6.01. The van der Waals surface area contributed by atoms with E-state index in [9.17, 15) is 24.3 Å². The first kappa shape index (κ1) is 29.2. The van der Waals surface area contributed by atoms with Crippen LogP contribution in [-0.4, -0.2) is 40.0 Å². The van der Waals surface area contributed by atoms with Crippen LogP contribution in [0.15, 0.2) is 50.2 Å². The number of hydrogen-bond donors (Lipinski definition) is 4. The number of hydrogen-bond acceptors (Lipinski definition) is 6. The molecule has 0 spiro atoms. The van der Waals surface area contributed by atoms with Crippen molar-refractivity contribution < 1.29 is 28.3 Å². The lowest BCUT2D eigenvalue weighted by Crippen LogP contribution is -2.52. The van der Waals surface area contributed by atoms with Crippen LogP contribution >= 0.6 is 0 Å². The van der Waals surface area contributed by atoms with Crippen LogP contribution in [0.5, 0.6) is 0 Å². The van der Waals surface area contributed by atoms with E-state index in [4.69, 9.17) is 8.83 Å². The monoisotopic (exact) mass is 597 g/mol. The maximum atomic E-state index is 13.2. The Morgan fingerprint density at radius 2 is 1.70 bits per heavy atom. The van der Waals surface area contributed by atoms with E-state index in [1.165, 1.54) is 5.56 Å². The summed E-state index contributed by atoms with van der Waals surface area (Å²) in [5, 5.41) is 17.7. The van der Waals surface area contributed by atoms with E-state index in [0.717, 1.165) is 69.8 Å². The van der Waals surface area contributed by atoms with Gasteiger partial charge in [0.2, 0.25) is 11.8 Å². The SMILES string of the molecule is CC[C@H](NC(=O)Cc1c(C)c2cc3c4c(oc3c(C)c2oc1=O)CCCC4)C(=O)N[C@H](Cc1c[nH]c2ccccc12)C(=O)O. The highest BCUT2D eigenvalue weighted by atomic mass is 16.4. The van der Waals surface area contributed by atoms with Gasteiger partial charge in [-0.15, -0.1) is 0 Å². The molecule has 2 atom stereocenters. The van der Waals surface area contributed by atoms with Crippen LogP contribution in [0.25, 0.3) is 32.8 Å². The summed E-state index contributed by atoms with van der Waals surface area (Å²) >= 11 is 0. The minimum Gasteiger partial charge on any atom is -0.480 e. The fraction of sp³-hybridized carbons (Fsp3) is 0.353. The van der Waals surface area contributed by atoms with Crippen molar-refractivity contribution in [1.29, 1.82) is 0 Å². The van der Waals surface area contributed by atoms with Crippen LogP contribution in [-0.2, 0) is 40.1 Å². The predicted molar refractivity (Wildman–Crippen MR) is 166 cm³/mol. The number of aryl methyl sites for hydroxylation is 4. The lowest BCUT2D eigenvalue weighted by atomic mass is 9.93. The van der Waals surface area contributed by atoms with Gasteiger partial charge < -0.3 is 29.6 Å². The van der Waals surface area contributed by atoms with Gasteiger partial charge in [-0.05, 0) is 62.8 Å². The summed E-state index contributed by atoms with van der Waals surface area (Å²) in [5.74, 6) is -1.35. The van der Waals surface area contributed by atoms with Gasteiger partial charge in [0.1, 0.15) is 29.0 Å². The number of H-pyrrole nitrogens is 1. The number of aliphatic carboxylic acids is 1. The van der Waals surface area contributed by atoms with Crippen molar-refractivity contribution in [3.63, 3.8) is 0 Å². The number of amides is 2. The average Bonchev–Trinajstić information content (AvgIpc) is 3.60. The van der Waals surface area contributed by atoms with Crippen LogP contribution in [0, 0.1) is 13.8 Å². The molecule has 0 saturated heterocycles. The molecular weight excluding hydrogens is 562 g/mol. The van der Waals surface area contributed by atoms with Gasteiger partial charge in [0.05, 0.1) is 12.0 Å². The molecular formula is C34H35N3O7. The summed E-state index contributed by atoms with van der Waals surface area (Å²) in [7, 11) is 0. The van der Waals surface area contributed by atoms with Crippen LogP contribution < -0.4 is 16.3 Å². The zero-order valence-corrected chi connectivity index (χ0v) is 25.0. The maximum Gasteiger partial charge on any atom is 0.340 e. The van der Waals surface area contributed by atoms with E-state index >= 15 is 0 Å². The molecule has 44 heavy (non-hydrogen) atoms. The molecule has 3 heterocycles. The molecule has 3 aromatic heterocycles. The number of carboxylic acid groups (broad SMARTS) is 1. The highest BCUT2D eigenvalue weighted by Crippen LogP contribution is 2.38. The lowest BCUT2D eigenvalue weighted by Gasteiger charge is -2.20. The van der Waals surface area contributed by atoms with Crippen molar-refractivity contribution in [2.75, 3.05) is 0 Å². The van der Waals surface area contributed by atoms with Crippen LogP contribution in [0.4, 0.5) is 0 Å². The molecule has 228 valence electrons. The Bertz CT molecular complexity index is 2000. The van der Waals surface area contributed by atoms with E-state index in [1.54, 1.807) is 20.0 Å². The van der Waals surface area contributed by atoms with Crippen molar-refractivity contribution in [3.8, 4) is 0 Å². The maximum absolute atomic E-state index is 13.2. The third-order valence-electron chi connectivity index (χ3n) is 8.84. The Kier molecular flexibility index (Phi) is 7.75. The Hall–Kier alpha value is -4.86. The molecule has 10 nitrogen and oxygen atoms in total. The number of furan rings is 1. The molecule has 4 N–H and O–H groups in total. The number of aromatic amines is 1. The Labute approximate surface area is 252 Å². The summed E-state index contributed by atoms with van der Waals surface area (Å²) in [4.78, 5) is 54.6. The van der Waals surface area contributed by atoms with Crippen molar-refractivity contribution >= 4 is 50.6 Å². The van der Waals surface area contributed by atoms with Crippen LogP contribution in [0.1, 0.15) is 59.8 Å². The lowest BCUT2D eigenvalue weighted by molar-refractivity contribution is -0.142. The highest BCUT2D eigenvalue weighted by Gasteiger charge is 2.28. The Morgan fingerprint density at radius 3 is 2.48 bits per heavy atom. The number of nitrogens with one attached hydrogen (secondary N) is 3. The van der Waals surface area contributed by atoms with Gasteiger partial charge in [-0.3, -0.25) is 9.59 Å². The van der Waals surface area contributed by atoms with Gasteiger partial charge in [0, 0.05) is 51.8 Å². The quantitative estimate of drug-likeness (QED) is 0.179. The van der Waals surface area contributed by atoms with E-state index in [2.05, 4.69) is 15.6 Å². The minimum absolute atomic E-state index is 0.0688. The fourth-order valence-electron chi connectivity index (χ4n) is 6.37. The molecule has 0 unspecified atom stereocenters. The summed E-state index contributed by atoms with van der Waals surface area (Å²) in [6.07, 6.45) is 5.74. The molecule has 0 saturated carbocycles. The van der Waals surface area contributed by atoms with Gasteiger partial charge in [-0.1, -0.05) is 25.1 Å². The molecule has 0 bridgehead atoms. The van der Waals surface area contributed by atoms with Crippen LogP contribution in [0.3, 0.4) is 0 Å². The summed E-state index contributed by atoms with van der Waals surface area (Å²) < 4.78 is 11.9. The molecule has 1 aliphatic carbocycles. The molecule has 2 aromatic carbocycles. The zero-order chi connectivity index (χ0) is 31.1. The molecule has 0 fully saturated rings. The third kappa shape index (κ3) is 5.25. The van der Waals surface area contributed by atoms with E-state index in [-0.39, 0.29) is 24.8 Å². The first-order valence-electron chi connectivity index (χ1n) is 15.0. The largest absolute Gasteiger partial charge is 0.480 e. The number of aromatic nitrogens is 1. The predicted octanol–water partition coefficient (Wildman–Crippen LogP) is 4.77. The van der Waals surface area contributed by atoms with E-state index in [1.807, 2.05) is 37.3 Å². The molecule has 6 rings (SSSR count). The van der Waals surface area contributed by atoms with Gasteiger partial charge in [-0.2, -0.15) is 0 Å². The molecule has 0 aliphatic heterocycles. The van der Waals surface area contributed by atoms with Crippen molar-refractivity contribution in [2.24, 2.45) is 0 Å². The van der Waals surface area contributed by atoms with Gasteiger partial charge >= 0.3 is 11.6 Å². The van der Waals surface area contributed by atoms with Crippen molar-refractivity contribution in [1.82, 2.24) is 15.6 Å². The topological polar surface area (TPSA) is 155 Å². The van der Waals surface area contributed by atoms with Gasteiger partial charge in [0.25, 0.3) is 0 Å². The number of carboxylic acids is 1. The molecule has 5 aromatic rings. The number of carbonyl (C=O) groups excluding carboxylic acids is 2. The summed E-state index contributed by atoms with van der Waals surface area (Å²) in [5.41, 5.74) is 4.99. The Balaban J connectivity index is 1.20. The number of carbonyl (C=O) groups is 3. The number of para-hydroxylation sites is 1. The fourth-order valence-corrected chi connectivity index (χ4v) is 6.37. The second kappa shape index (κ2) is 11.7.